The molecule has 2 atom stereocenters. The number of aldehydes is 1. The van der Waals surface area contributed by atoms with E-state index in [-0.39, 0.29) is 17.8 Å². The van der Waals surface area contributed by atoms with Crippen LogP contribution in [0.4, 0.5) is 0 Å². The van der Waals surface area contributed by atoms with Crippen LogP contribution in [-0.4, -0.2) is 30.3 Å². The third kappa shape index (κ3) is 4.99. The van der Waals surface area contributed by atoms with E-state index in [0.717, 1.165) is 5.56 Å². The molecule has 0 spiro atoms. The molecule has 1 unspecified atom stereocenters. The molecule has 7 nitrogen and oxygen atoms in total. The van der Waals surface area contributed by atoms with E-state index in [0.29, 0.717) is 55.5 Å². The van der Waals surface area contributed by atoms with Gasteiger partial charge in [0.25, 0.3) is 0 Å². The largest absolute Gasteiger partial charge is 0.486 e. The van der Waals surface area contributed by atoms with Gasteiger partial charge in [-0.2, -0.15) is 0 Å². The molecule has 0 radical (unpaired) electrons. The lowest BCUT2D eigenvalue weighted by Gasteiger charge is -2.11. The van der Waals surface area contributed by atoms with Crippen molar-refractivity contribution in [2.75, 3.05) is 13.2 Å². The highest BCUT2D eigenvalue weighted by Gasteiger charge is 2.27. The van der Waals surface area contributed by atoms with Gasteiger partial charge in [-0.3, -0.25) is 9.59 Å². The maximum Gasteiger partial charge on any atom is 0.213 e. The van der Waals surface area contributed by atoms with E-state index in [9.17, 15) is 9.59 Å². The van der Waals surface area contributed by atoms with Crippen molar-refractivity contribution >= 4 is 35.1 Å². The zero-order valence-corrected chi connectivity index (χ0v) is 17.5. The Morgan fingerprint density at radius 3 is 2.96 bits per heavy atom. The molecule has 0 fully saturated rings. The van der Waals surface area contributed by atoms with Gasteiger partial charge in [0.15, 0.2) is 23.6 Å². The molecule has 1 aliphatic rings. The van der Waals surface area contributed by atoms with E-state index >= 15 is 0 Å². The monoisotopic (exact) mass is 497 g/mol. The minimum absolute atomic E-state index is 0.0994. The number of ether oxygens (including phenoxy) is 3. The van der Waals surface area contributed by atoms with Gasteiger partial charge in [-0.25, -0.2) is 4.98 Å². The molecule has 3 rings (SSSR count). The Hall–Kier alpha value is -2.20. The summed E-state index contributed by atoms with van der Waals surface area (Å²) in [6, 6.07) is 9.17. The Morgan fingerprint density at radius 2 is 2.25 bits per heavy atom. The molecule has 2 aromatic rings. The van der Waals surface area contributed by atoms with Gasteiger partial charge in [0.2, 0.25) is 5.88 Å². The number of fused-ring (bicyclic) bond motifs is 1. The fourth-order valence-electron chi connectivity index (χ4n) is 2.81. The summed E-state index contributed by atoms with van der Waals surface area (Å²) in [6.07, 6.45) is 3.11. The second kappa shape index (κ2) is 9.83. The summed E-state index contributed by atoms with van der Waals surface area (Å²) in [5.41, 5.74) is 0.960. The van der Waals surface area contributed by atoms with Gasteiger partial charge < -0.3 is 17.3 Å². The summed E-state index contributed by atoms with van der Waals surface area (Å²) in [7, 11) is 0. The lowest BCUT2D eigenvalue weighted by atomic mass is 10.0. The summed E-state index contributed by atoms with van der Waals surface area (Å²) >= 11 is 1.87. The normalized spacial score (nSPS) is 16.0. The van der Waals surface area contributed by atoms with Gasteiger partial charge in [0.05, 0.1) is 12.8 Å². The van der Waals surface area contributed by atoms with Crippen LogP contribution in [0.1, 0.15) is 31.4 Å². The van der Waals surface area contributed by atoms with Gasteiger partial charge in [0, 0.05) is 17.5 Å². The summed E-state index contributed by atoms with van der Waals surface area (Å²) < 4.78 is 22.5. The lowest BCUT2D eigenvalue weighted by molar-refractivity contribution is -0.132. The molecule has 0 saturated carbocycles. The average Bonchev–Trinajstić information content (AvgIpc) is 3.16. The third-order valence-electron chi connectivity index (χ3n) is 4.41. The smallest absolute Gasteiger partial charge is 0.213 e. The fourth-order valence-corrected chi connectivity index (χ4v) is 3.23. The molecule has 0 saturated heterocycles. The average molecular weight is 497 g/mol. The van der Waals surface area contributed by atoms with E-state index < -0.39 is 0 Å². The van der Waals surface area contributed by atoms with Crippen molar-refractivity contribution in [1.29, 1.82) is 0 Å². The topological polar surface area (TPSA) is 83.9 Å². The highest BCUT2D eigenvalue weighted by Crippen LogP contribution is 2.43. The van der Waals surface area contributed by atoms with E-state index in [2.05, 4.69) is 4.98 Å². The first-order valence-corrected chi connectivity index (χ1v) is 9.79. The number of carbonyl (C=O) groups excluding carboxylic acids is 2. The molecule has 0 aliphatic carbocycles. The summed E-state index contributed by atoms with van der Waals surface area (Å²) in [5.74, 6) is 1.66. The first-order chi connectivity index (χ1) is 13.6. The molecule has 0 bridgehead atoms. The standard InChI is InChI=1S/C20H20INO6/c1-13(16(24)11-23)4-3-9-25-19-8-7-14(10-22-19)27-17-6-2-5-15-18(28-21)12-26-20(15)17/h2,5-8,10-11,13,18H,3-4,9,12H2,1H3/t13?,18-/m1/s1. The molecule has 8 heteroatoms. The number of pyridine rings is 1. The predicted molar refractivity (Wildman–Crippen MR) is 109 cm³/mol. The quantitative estimate of drug-likeness (QED) is 0.210. The van der Waals surface area contributed by atoms with E-state index in [1.165, 1.54) is 0 Å². The fraction of sp³-hybridized carbons (Fsp3) is 0.350. The third-order valence-corrected chi connectivity index (χ3v) is 5.03. The van der Waals surface area contributed by atoms with E-state index in [1.807, 2.05) is 41.2 Å². The van der Waals surface area contributed by atoms with Crippen molar-refractivity contribution in [3.05, 3.63) is 42.1 Å². The van der Waals surface area contributed by atoms with Crippen LogP contribution in [0.2, 0.25) is 0 Å². The van der Waals surface area contributed by atoms with Crippen molar-refractivity contribution in [3.63, 3.8) is 0 Å². The Balaban J connectivity index is 1.52. The number of hydrogen-bond donors (Lipinski definition) is 0. The molecule has 1 aromatic heterocycles. The first-order valence-electron chi connectivity index (χ1n) is 8.91. The molecule has 0 N–H and O–H groups in total. The number of nitrogens with zero attached hydrogens (tertiary/aromatic N) is 1. The zero-order valence-electron chi connectivity index (χ0n) is 15.3. The number of benzene rings is 1. The summed E-state index contributed by atoms with van der Waals surface area (Å²) in [6.45, 7) is 2.61. The molecule has 2 heterocycles. The molecular formula is C20H20INO6. The highest BCUT2D eigenvalue weighted by molar-refractivity contribution is 14.1. The van der Waals surface area contributed by atoms with Crippen LogP contribution in [0.25, 0.3) is 0 Å². The maximum atomic E-state index is 11.2. The van der Waals surface area contributed by atoms with Gasteiger partial charge in [-0.15, -0.1) is 0 Å². The van der Waals surface area contributed by atoms with E-state index in [1.54, 1.807) is 25.3 Å². The number of para-hydroxylation sites is 1. The van der Waals surface area contributed by atoms with Crippen LogP contribution in [0.5, 0.6) is 23.1 Å². The Bertz CT molecular complexity index is 826. The minimum atomic E-state index is -0.382. The lowest BCUT2D eigenvalue weighted by Crippen LogP contribution is -2.13. The Kier molecular flexibility index (Phi) is 7.21. The van der Waals surface area contributed by atoms with Gasteiger partial charge >= 0.3 is 0 Å². The van der Waals surface area contributed by atoms with Crippen molar-refractivity contribution in [3.8, 4) is 23.1 Å². The van der Waals surface area contributed by atoms with Crippen LogP contribution >= 0.6 is 23.0 Å². The van der Waals surface area contributed by atoms with E-state index in [4.69, 9.17) is 17.3 Å². The zero-order chi connectivity index (χ0) is 19.9. The van der Waals surface area contributed by atoms with Crippen molar-refractivity contribution in [2.45, 2.75) is 25.9 Å². The number of ketones is 1. The predicted octanol–water partition coefficient (Wildman–Crippen LogP) is 4.24. The highest BCUT2D eigenvalue weighted by atomic mass is 127. The summed E-state index contributed by atoms with van der Waals surface area (Å²) in [4.78, 5) is 25.9. The van der Waals surface area contributed by atoms with Crippen LogP contribution in [-0.2, 0) is 12.7 Å². The summed E-state index contributed by atoms with van der Waals surface area (Å²) in [5, 5.41) is 0. The number of carbonyl (C=O) groups is 2. The van der Waals surface area contributed by atoms with Crippen LogP contribution < -0.4 is 14.2 Å². The van der Waals surface area contributed by atoms with Gasteiger partial charge in [-0.1, -0.05) is 19.1 Å². The first kappa shape index (κ1) is 20.5. The molecule has 148 valence electrons. The van der Waals surface area contributed by atoms with Crippen molar-refractivity contribution in [1.82, 2.24) is 4.98 Å². The number of hydrogen-bond acceptors (Lipinski definition) is 7. The number of halogens is 1. The minimum Gasteiger partial charge on any atom is -0.486 e. The SMILES string of the molecule is CC(CCCOc1ccc(Oc2cccc3c2OC[C@H]3OI)cn1)C(=O)C=O. The molecular weight excluding hydrogens is 477 g/mol. The second-order valence-corrected chi connectivity index (χ2v) is 6.92. The van der Waals surface area contributed by atoms with Crippen LogP contribution in [0.3, 0.4) is 0 Å². The van der Waals surface area contributed by atoms with Gasteiger partial charge in [0.1, 0.15) is 41.5 Å². The molecule has 28 heavy (non-hydrogen) atoms. The van der Waals surface area contributed by atoms with Crippen LogP contribution in [0.15, 0.2) is 36.5 Å². The Labute approximate surface area is 177 Å². The van der Waals surface area contributed by atoms with Gasteiger partial charge in [-0.05, 0) is 25.0 Å². The number of Topliss-reactive ketones (excluding diaryl/α,β-unsaturated/α-hetero) is 1. The number of rotatable bonds is 10. The Morgan fingerprint density at radius 1 is 1.39 bits per heavy atom. The molecule has 0 amide bonds. The van der Waals surface area contributed by atoms with Crippen LogP contribution in [0, 0.1) is 5.92 Å². The molecule has 1 aliphatic heterocycles. The molecule has 1 aromatic carbocycles. The van der Waals surface area contributed by atoms with Crippen molar-refractivity contribution < 1.29 is 26.9 Å². The second-order valence-electron chi connectivity index (χ2n) is 6.41. The van der Waals surface area contributed by atoms with Crippen molar-refractivity contribution in [2.24, 2.45) is 5.92 Å². The maximum absolute atomic E-state index is 11.2. The number of aromatic nitrogens is 1.